The van der Waals surface area contributed by atoms with Crippen LogP contribution in [0.5, 0.6) is 0 Å². The predicted octanol–water partition coefficient (Wildman–Crippen LogP) is 2.40. The van der Waals surface area contributed by atoms with E-state index in [1.165, 1.54) is 10.5 Å². The molecule has 2 heterocycles. The van der Waals surface area contributed by atoms with Crippen LogP contribution in [-0.2, 0) is 6.54 Å². The standard InChI is InChI=1S/C13H14N2OS/c1-9-2-3-11-10(6-9)13(16)12(17-11)7-15-5-4-14-8-15/h2-6,8,12-13,16H,7H2,1H3/t12-,13-/m0/s1. The number of rotatable bonds is 2. The number of aryl methyl sites for hydroxylation is 1. The quantitative estimate of drug-likeness (QED) is 0.884. The molecule has 1 aliphatic heterocycles. The summed E-state index contributed by atoms with van der Waals surface area (Å²) in [6.45, 7) is 2.85. The van der Waals surface area contributed by atoms with Gasteiger partial charge >= 0.3 is 0 Å². The third-order valence-corrected chi connectivity index (χ3v) is 4.40. The van der Waals surface area contributed by atoms with Gasteiger partial charge in [-0.15, -0.1) is 11.8 Å². The summed E-state index contributed by atoms with van der Waals surface area (Å²) in [5, 5.41) is 10.5. The lowest BCUT2D eigenvalue weighted by Crippen LogP contribution is -2.16. The lowest BCUT2D eigenvalue weighted by molar-refractivity contribution is 0.170. The number of hydrogen-bond donors (Lipinski definition) is 1. The molecule has 2 atom stereocenters. The first kappa shape index (κ1) is 10.9. The minimum absolute atomic E-state index is 0.181. The van der Waals surface area contributed by atoms with Crippen LogP contribution in [0.2, 0.25) is 0 Å². The van der Waals surface area contributed by atoms with Crippen molar-refractivity contribution in [3.8, 4) is 0 Å². The molecule has 1 aromatic heterocycles. The third kappa shape index (κ3) is 1.98. The van der Waals surface area contributed by atoms with E-state index in [0.29, 0.717) is 0 Å². The second-order valence-electron chi connectivity index (χ2n) is 4.40. The van der Waals surface area contributed by atoms with Crippen molar-refractivity contribution in [3.05, 3.63) is 48.0 Å². The normalized spacial score (nSPS) is 22.7. The number of imidazole rings is 1. The largest absolute Gasteiger partial charge is 0.387 e. The van der Waals surface area contributed by atoms with Gasteiger partial charge in [0.15, 0.2) is 0 Å². The molecule has 88 valence electrons. The van der Waals surface area contributed by atoms with Crippen molar-refractivity contribution in [2.75, 3.05) is 0 Å². The van der Waals surface area contributed by atoms with Gasteiger partial charge < -0.3 is 9.67 Å². The van der Waals surface area contributed by atoms with E-state index in [4.69, 9.17) is 0 Å². The van der Waals surface area contributed by atoms with Crippen LogP contribution in [0.4, 0.5) is 0 Å². The summed E-state index contributed by atoms with van der Waals surface area (Å²) in [4.78, 5) is 5.23. The van der Waals surface area contributed by atoms with E-state index in [9.17, 15) is 5.11 Å². The van der Waals surface area contributed by atoms with Crippen LogP contribution in [-0.4, -0.2) is 19.9 Å². The van der Waals surface area contributed by atoms with Gasteiger partial charge in [0, 0.05) is 23.8 Å². The van der Waals surface area contributed by atoms with Gasteiger partial charge in [-0.3, -0.25) is 0 Å². The topological polar surface area (TPSA) is 38.0 Å². The molecule has 3 rings (SSSR count). The lowest BCUT2D eigenvalue weighted by atomic mass is 10.0. The monoisotopic (exact) mass is 246 g/mol. The predicted molar refractivity (Wildman–Crippen MR) is 68.0 cm³/mol. The molecule has 1 aliphatic rings. The van der Waals surface area contributed by atoms with Crippen LogP contribution >= 0.6 is 11.8 Å². The maximum atomic E-state index is 10.3. The van der Waals surface area contributed by atoms with Crippen molar-refractivity contribution < 1.29 is 5.11 Å². The number of hydrogen-bond acceptors (Lipinski definition) is 3. The Morgan fingerprint density at radius 3 is 3.12 bits per heavy atom. The molecule has 3 nitrogen and oxygen atoms in total. The fourth-order valence-electron chi connectivity index (χ4n) is 2.17. The Hall–Kier alpha value is -1.26. The summed E-state index contributed by atoms with van der Waals surface area (Å²) >= 11 is 1.75. The van der Waals surface area contributed by atoms with Crippen LogP contribution in [0.25, 0.3) is 0 Å². The molecule has 0 amide bonds. The minimum atomic E-state index is -0.378. The van der Waals surface area contributed by atoms with Crippen molar-refractivity contribution in [2.45, 2.75) is 29.7 Å². The first-order chi connectivity index (χ1) is 8.24. The molecule has 2 aromatic rings. The average molecular weight is 246 g/mol. The van der Waals surface area contributed by atoms with E-state index < -0.39 is 0 Å². The lowest BCUT2D eigenvalue weighted by Gasteiger charge is -2.14. The highest BCUT2D eigenvalue weighted by atomic mass is 32.2. The number of benzene rings is 1. The molecular weight excluding hydrogens is 232 g/mol. The first-order valence-corrected chi connectivity index (χ1v) is 6.53. The van der Waals surface area contributed by atoms with Gasteiger partial charge in [0.1, 0.15) is 0 Å². The van der Waals surface area contributed by atoms with Gasteiger partial charge in [-0.25, -0.2) is 4.98 Å². The van der Waals surface area contributed by atoms with Crippen LogP contribution in [0.1, 0.15) is 17.2 Å². The van der Waals surface area contributed by atoms with E-state index in [1.807, 2.05) is 10.8 Å². The number of aliphatic hydroxyl groups excluding tert-OH is 1. The van der Waals surface area contributed by atoms with E-state index >= 15 is 0 Å². The number of aliphatic hydroxyl groups is 1. The summed E-state index contributed by atoms with van der Waals surface area (Å²) in [6.07, 6.45) is 5.11. The van der Waals surface area contributed by atoms with Crippen molar-refractivity contribution >= 4 is 11.8 Å². The summed E-state index contributed by atoms with van der Waals surface area (Å²) in [7, 11) is 0. The second kappa shape index (κ2) is 4.20. The second-order valence-corrected chi connectivity index (χ2v) is 5.68. The van der Waals surface area contributed by atoms with Gasteiger partial charge in [-0.1, -0.05) is 17.7 Å². The Labute approximate surface area is 104 Å². The Balaban J connectivity index is 1.84. The Kier molecular flexibility index (Phi) is 2.68. The van der Waals surface area contributed by atoms with Gasteiger partial charge in [0.25, 0.3) is 0 Å². The summed E-state index contributed by atoms with van der Waals surface area (Å²) in [5.41, 5.74) is 2.27. The molecule has 0 saturated heterocycles. The first-order valence-electron chi connectivity index (χ1n) is 5.65. The van der Waals surface area contributed by atoms with Crippen molar-refractivity contribution in [2.24, 2.45) is 0 Å². The Bertz CT molecular complexity index is 524. The molecule has 0 spiro atoms. The fraction of sp³-hybridized carbons (Fsp3) is 0.308. The smallest absolute Gasteiger partial charge is 0.0946 e. The van der Waals surface area contributed by atoms with E-state index in [1.54, 1.807) is 24.3 Å². The number of fused-ring (bicyclic) bond motifs is 1. The zero-order valence-electron chi connectivity index (χ0n) is 9.58. The zero-order valence-corrected chi connectivity index (χ0v) is 10.4. The van der Waals surface area contributed by atoms with Gasteiger partial charge in [-0.2, -0.15) is 0 Å². The number of aromatic nitrogens is 2. The highest BCUT2D eigenvalue weighted by molar-refractivity contribution is 8.00. The van der Waals surface area contributed by atoms with Crippen molar-refractivity contribution in [1.82, 2.24) is 9.55 Å². The van der Waals surface area contributed by atoms with Crippen LogP contribution in [0, 0.1) is 6.92 Å². The molecule has 1 aromatic carbocycles. The Morgan fingerprint density at radius 2 is 2.35 bits per heavy atom. The molecule has 0 saturated carbocycles. The molecular formula is C13H14N2OS. The SMILES string of the molecule is Cc1ccc2c(c1)[C@H](O)[C@H](Cn1ccnc1)S2. The van der Waals surface area contributed by atoms with Crippen LogP contribution in [0.15, 0.2) is 41.8 Å². The minimum Gasteiger partial charge on any atom is -0.387 e. The fourth-order valence-corrected chi connectivity index (χ4v) is 3.48. The zero-order chi connectivity index (χ0) is 11.8. The molecule has 0 radical (unpaired) electrons. The van der Waals surface area contributed by atoms with Crippen molar-refractivity contribution in [3.63, 3.8) is 0 Å². The molecule has 0 unspecified atom stereocenters. The molecule has 4 heteroatoms. The number of nitrogens with zero attached hydrogens (tertiary/aromatic N) is 2. The number of thioether (sulfide) groups is 1. The molecule has 1 N–H and O–H groups in total. The van der Waals surface area contributed by atoms with Gasteiger partial charge in [0.05, 0.1) is 17.7 Å². The van der Waals surface area contributed by atoms with E-state index in [2.05, 4.69) is 30.1 Å². The van der Waals surface area contributed by atoms with Crippen molar-refractivity contribution in [1.29, 1.82) is 0 Å². The average Bonchev–Trinajstić information content (AvgIpc) is 2.91. The molecule has 17 heavy (non-hydrogen) atoms. The third-order valence-electron chi connectivity index (χ3n) is 3.06. The van der Waals surface area contributed by atoms with Gasteiger partial charge in [-0.05, 0) is 18.6 Å². The highest BCUT2D eigenvalue weighted by Crippen LogP contribution is 2.44. The van der Waals surface area contributed by atoms with Gasteiger partial charge in [0.2, 0.25) is 0 Å². The van der Waals surface area contributed by atoms with Crippen LogP contribution < -0.4 is 0 Å². The van der Waals surface area contributed by atoms with Crippen LogP contribution in [0.3, 0.4) is 0 Å². The van der Waals surface area contributed by atoms with E-state index in [0.717, 1.165) is 12.1 Å². The molecule has 0 aliphatic carbocycles. The molecule has 0 fully saturated rings. The summed E-state index contributed by atoms with van der Waals surface area (Å²) in [5.74, 6) is 0. The maximum Gasteiger partial charge on any atom is 0.0946 e. The Morgan fingerprint density at radius 1 is 1.47 bits per heavy atom. The summed E-state index contributed by atoms with van der Waals surface area (Å²) in [6, 6.07) is 6.28. The maximum absolute atomic E-state index is 10.3. The molecule has 0 bridgehead atoms. The summed E-state index contributed by atoms with van der Waals surface area (Å²) < 4.78 is 2.01. The van der Waals surface area contributed by atoms with E-state index in [-0.39, 0.29) is 11.4 Å². The highest BCUT2D eigenvalue weighted by Gasteiger charge is 2.31.